The van der Waals surface area contributed by atoms with Gasteiger partial charge in [0.1, 0.15) is 17.5 Å². The van der Waals surface area contributed by atoms with Crippen molar-refractivity contribution in [1.29, 1.82) is 0 Å². The largest absolute Gasteiger partial charge is 0.467 e. The second-order valence-corrected chi connectivity index (χ2v) is 39.1. The summed E-state index contributed by atoms with van der Waals surface area (Å²) in [5, 5.41) is 75.9. The van der Waals surface area contributed by atoms with E-state index in [-0.39, 0.29) is 158 Å². The molecule has 0 spiro atoms. The van der Waals surface area contributed by atoms with Crippen LogP contribution in [0.5, 0.6) is 30.1 Å². The van der Waals surface area contributed by atoms with Crippen molar-refractivity contribution in [2.24, 2.45) is 0 Å². The zero-order valence-electron chi connectivity index (χ0n) is 76.7. The number of hydrogen-bond acceptors (Lipinski definition) is 31. The van der Waals surface area contributed by atoms with Gasteiger partial charge in [0, 0.05) is 132 Å². The van der Waals surface area contributed by atoms with Crippen molar-refractivity contribution in [2.75, 3.05) is 35.5 Å². The van der Waals surface area contributed by atoms with E-state index < -0.39 is 0 Å². The van der Waals surface area contributed by atoms with Crippen molar-refractivity contribution in [3.05, 3.63) is 387 Å². The van der Waals surface area contributed by atoms with Crippen LogP contribution < -0.4 is 23.7 Å². The van der Waals surface area contributed by atoms with Crippen LogP contribution in [0.4, 0.5) is 0 Å². The molecule has 12 aromatic heterocycles. The highest BCUT2D eigenvalue weighted by atomic mass is 79.9. The van der Waals surface area contributed by atoms with Crippen molar-refractivity contribution >= 4 is 77.2 Å². The highest BCUT2D eigenvalue weighted by molar-refractivity contribution is 9.10. The number of rotatable bonds is 27. The number of hydrogen-bond donors (Lipinski definition) is 6. The molecule has 20 rings (SSSR count). The van der Waals surface area contributed by atoms with E-state index in [9.17, 15) is 30.6 Å². The number of thiophene rings is 4. The Balaban J connectivity index is 0.000000127. The monoisotopic (exact) mass is 2040 g/mol. The quantitative estimate of drug-likeness (QED) is 0.0278. The van der Waals surface area contributed by atoms with Crippen molar-refractivity contribution in [1.82, 2.24) is 79.7 Å². The molecule has 4 aromatic carbocycles. The molecule has 0 unspecified atom stereocenters. The molecular weight excluding hydrogens is 1940 g/mol. The Morgan fingerprint density at radius 2 is 0.438 bits per heavy atom. The van der Waals surface area contributed by atoms with Gasteiger partial charge in [-0.05, 0) is 219 Å². The van der Waals surface area contributed by atoms with Crippen molar-refractivity contribution < 1.29 is 54.3 Å². The van der Waals surface area contributed by atoms with Crippen LogP contribution in [0, 0.1) is 34.6 Å². The van der Waals surface area contributed by atoms with Gasteiger partial charge in [-0.3, -0.25) is 0 Å². The number of aryl methyl sites for hydroxylation is 5. The van der Waals surface area contributed by atoms with Crippen molar-refractivity contribution in [3.63, 3.8) is 0 Å². The van der Waals surface area contributed by atoms with E-state index in [1.807, 2.05) is 95.3 Å². The van der Waals surface area contributed by atoms with E-state index >= 15 is 0 Å². The third-order valence-electron chi connectivity index (χ3n) is 26.2. The highest BCUT2D eigenvalue weighted by Gasteiger charge is 2.59. The molecule has 4 fully saturated rings. The number of benzene rings is 4. The summed E-state index contributed by atoms with van der Waals surface area (Å²) in [5.41, 5.74) is 22.2. The standard InChI is InChI=1S/C28H26Br2N4O3.C28H28N4O.C24H24N4O4S2.C24H24N4O3S2/c1-15-31-20(13-35)11-22(32-15)26-24(16-3-7-18(29)8-4-16)27(25(26)17-5-9-19(30)10-6-17)23-12-21(14-36)33-28(34-23)37-2;1-17-15-22(31-19(3)29-17)26-24(20-11-7-5-8-12-20)27(25(26)21-13-9-6-10-14-21)23-16-18(2)30-28(32-23)33-4;1-31-23-25-15(9-29)7-17(27-23)21-19(13-3-5-33-11-13)22(20(21)14-4-6-34-12-14)18-8-16(10-30)26-24(28-18)32-2;1-13-25-16(9-29)7-18(26-13)22-20(14-3-5-32-11-14)23(21(22)15-4-6-33-12-15)19-8-17(10-30)27-24(28-19)31-2/h3-12,24-27,35-36H,13-14H2,1-2H3;5-16,24-27H,1-4H3;3-8,11-12,19-22,29-30H,9-10H2,1-2H3;3-8,11-12,20-23,29-30H,9-10H2,1-2H3/t2*24-,25-,26?,27?;;20-,21-,22?,23?/m11.1/s1. The Hall–Kier alpha value is -12.0. The minimum atomic E-state index is -0.209. The van der Waals surface area contributed by atoms with E-state index in [0.29, 0.717) is 51.8 Å². The fourth-order valence-electron chi connectivity index (χ4n) is 20.7. The maximum atomic E-state index is 9.90. The number of halogens is 2. The maximum Gasteiger partial charge on any atom is 0.316 e. The van der Waals surface area contributed by atoms with Gasteiger partial charge >= 0.3 is 30.1 Å². The van der Waals surface area contributed by atoms with Gasteiger partial charge in [-0.1, -0.05) is 117 Å². The Morgan fingerprint density at radius 1 is 0.226 bits per heavy atom. The summed E-state index contributed by atoms with van der Waals surface area (Å²) in [5.74, 6) is 3.45. The Bertz CT molecular complexity index is 6400. The summed E-state index contributed by atoms with van der Waals surface area (Å²) < 4.78 is 28.9. The lowest BCUT2D eigenvalue weighted by atomic mass is 9.50. The molecule has 0 aliphatic heterocycles. The van der Waals surface area contributed by atoms with E-state index in [0.717, 1.165) is 82.8 Å². The molecule has 6 atom stereocenters. The summed E-state index contributed by atoms with van der Waals surface area (Å²) in [7, 11) is 7.75. The lowest BCUT2D eigenvalue weighted by Crippen LogP contribution is -2.41. The summed E-state index contributed by atoms with van der Waals surface area (Å²) in [6.07, 6.45) is 0. The van der Waals surface area contributed by atoms with Gasteiger partial charge in [-0.15, -0.1) is 0 Å². The van der Waals surface area contributed by atoms with E-state index in [4.69, 9.17) is 63.6 Å². The van der Waals surface area contributed by atoms with Gasteiger partial charge in [0.2, 0.25) is 0 Å². The van der Waals surface area contributed by atoms with Crippen LogP contribution in [-0.4, -0.2) is 146 Å². The van der Waals surface area contributed by atoms with Crippen LogP contribution in [0.2, 0.25) is 0 Å². The molecule has 0 radical (unpaired) electrons. The molecule has 16 aromatic rings. The predicted molar refractivity (Wildman–Crippen MR) is 531 cm³/mol. The number of aliphatic hydroxyl groups is 6. The molecule has 27 nitrogen and oxygen atoms in total. The minimum Gasteiger partial charge on any atom is -0.467 e. The molecule has 0 amide bonds. The van der Waals surface area contributed by atoms with Crippen LogP contribution in [0.15, 0.2) is 234 Å². The summed E-state index contributed by atoms with van der Waals surface area (Å²) >= 11 is 13.7. The number of aromatic nitrogens is 16. The Morgan fingerprint density at radius 3 is 0.679 bits per heavy atom. The summed E-state index contributed by atoms with van der Waals surface area (Å²) in [6.45, 7) is 8.67. The highest BCUT2D eigenvalue weighted by Crippen LogP contribution is 2.71. The first-order valence-corrected chi connectivity index (χ1v) is 50.0. The fraction of sp³-hybridized carbons (Fsp3) is 0.308. The smallest absolute Gasteiger partial charge is 0.316 e. The van der Waals surface area contributed by atoms with Crippen molar-refractivity contribution in [2.45, 2.75) is 169 Å². The van der Waals surface area contributed by atoms with Gasteiger partial charge in [0.25, 0.3) is 0 Å². The van der Waals surface area contributed by atoms with E-state index in [1.165, 1.54) is 61.8 Å². The molecule has 4 aliphatic rings. The van der Waals surface area contributed by atoms with Crippen LogP contribution in [0.25, 0.3) is 0 Å². The van der Waals surface area contributed by atoms with Gasteiger partial charge in [0.05, 0.1) is 138 Å². The molecule has 0 bridgehead atoms. The van der Waals surface area contributed by atoms with E-state index in [1.54, 1.807) is 52.5 Å². The summed E-state index contributed by atoms with van der Waals surface area (Å²) in [6, 6.07) is 63.7. The van der Waals surface area contributed by atoms with Crippen LogP contribution in [-0.2, 0) is 39.6 Å². The predicted octanol–water partition coefficient (Wildman–Crippen LogP) is 19.2. The topological polar surface area (TPSA) is 374 Å². The number of methoxy groups -OCH3 is 5. The molecule has 4 saturated carbocycles. The molecule has 702 valence electrons. The molecular formula is C104H102Br2N16O11S4. The number of ether oxygens (including phenoxy) is 5. The molecule has 0 saturated heterocycles. The number of nitrogens with zero attached hydrogens (tertiary/aromatic N) is 16. The minimum absolute atomic E-state index is 0.00196. The molecule has 137 heavy (non-hydrogen) atoms. The van der Waals surface area contributed by atoms with Gasteiger partial charge in [-0.25, -0.2) is 34.9 Å². The first kappa shape index (κ1) is 96.7. The zero-order chi connectivity index (χ0) is 95.7. The average molecular weight is 2040 g/mol. The Labute approximate surface area is 826 Å². The van der Waals surface area contributed by atoms with Crippen molar-refractivity contribution in [3.8, 4) is 30.1 Å². The first-order chi connectivity index (χ1) is 66.7. The first-order valence-electron chi connectivity index (χ1n) is 44.7. The normalized spacial score (nSPS) is 21.7. The zero-order valence-corrected chi connectivity index (χ0v) is 83.1. The molecule has 33 heteroatoms. The fourth-order valence-corrected chi connectivity index (χ4v) is 24.1. The average Bonchev–Trinajstić information content (AvgIpc) is 1.02. The molecule has 6 N–H and O–H groups in total. The van der Waals surface area contributed by atoms with Crippen LogP contribution in [0.1, 0.15) is 248 Å². The second-order valence-electron chi connectivity index (χ2n) is 34.2. The maximum absolute atomic E-state index is 9.90. The van der Waals surface area contributed by atoms with E-state index in [2.05, 4.69) is 236 Å². The number of aliphatic hydroxyl groups excluding tert-OH is 6. The summed E-state index contributed by atoms with van der Waals surface area (Å²) in [4.78, 5) is 73.1. The van der Waals surface area contributed by atoms with Crippen LogP contribution >= 0.6 is 77.2 Å². The van der Waals surface area contributed by atoms with Gasteiger partial charge in [0.15, 0.2) is 0 Å². The third-order valence-corrected chi connectivity index (χ3v) is 30.0. The lowest BCUT2D eigenvalue weighted by Gasteiger charge is -2.52. The van der Waals surface area contributed by atoms with Crippen LogP contribution in [0.3, 0.4) is 0 Å². The second kappa shape index (κ2) is 43.8. The molecule has 12 heterocycles. The third kappa shape index (κ3) is 20.8. The van der Waals surface area contributed by atoms with Gasteiger partial charge < -0.3 is 54.3 Å². The Kier molecular flexibility index (Phi) is 30.9. The molecule has 4 aliphatic carbocycles. The SMILES string of the molecule is COc1nc(C)cc(C2[C@H](c3ccccc3)C(c3cc(C)nc(C)n3)[C@H]2c2ccccc2)n1.COc1nc(CO)cc(C2C(c3ccsc3)C(c3cc(CO)nc(OC)n3)C2c2ccsc2)n1.COc1nc(CO)cc(C2[C@H](c3ccc(Br)cc3)C(c3cc(CO)nc(C)n3)[C@H]2c2ccc(Br)cc2)n1.COc1nc(CO)cc(C2[C@H](c3ccsc3)C(c3cc(CO)nc(C)n3)[C@H]2c2ccsc2)n1. The lowest BCUT2D eigenvalue weighted by molar-refractivity contribution is 0.214. The van der Waals surface area contributed by atoms with Gasteiger partial charge in [-0.2, -0.15) is 90.2 Å².